The average Bonchev–Trinajstić information content (AvgIpc) is 2.84. The fraction of sp³-hybridized carbons (Fsp3) is 0.500. The molecular weight excluding hydrogens is 472 g/mol. The number of primary amides is 1. The fourth-order valence-electron chi connectivity index (χ4n) is 4.86. The Morgan fingerprint density at radius 2 is 1.65 bits per heavy atom. The van der Waals surface area contributed by atoms with E-state index in [1.807, 2.05) is 56.3 Å². The van der Waals surface area contributed by atoms with Gasteiger partial charge >= 0.3 is 0 Å². The van der Waals surface area contributed by atoms with E-state index in [1.165, 1.54) is 0 Å². The number of nitrogens with two attached hydrogens (primary N) is 1. The molecular formula is C28H38N4O5. The van der Waals surface area contributed by atoms with Gasteiger partial charge in [-0.25, -0.2) is 5.48 Å². The maximum Gasteiger partial charge on any atom is 0.244 e. The van der Waals surface area contributed by atoms with E-state index < -0.39 is 41.6 Å². The number of benzene rings is 2. The molecule has 37 heavy (non-hydrogen) atoms. The minimum absolute atomic E-state index is 0.118. The zero-order valence-corrected chi connectivity index (χ0v) is 21.5. The number of rotatable bonds is 13. The molecule has 0 aromatic heterocycles. The SMILES string of the molecule is CC(C)C[C@H](NC(=O)C(Cc1cccc2ccccc12)NC(=O)[C@@H](CC(=O)NO)CC1CCC1)C(N)=O. The van der Waals surface area contributed by atoms with Gasteiger partial charge in [-0.1, -0.05) is 75.6 Å². The molecule has 1 aliphatic rings. The van der Waals surface area contributed by atoms with Crippen LogP contribution in [0.3, 0.4) is 0 Å². The lowest BCUT2D eigenvalue weighted by Gasteiger charge is -2.30. The normalized spacial score (nSPS) is 15.9. The third kappa shape index (κ3) is 8.01. The van der Waals surface area contributed by atoms with Crippen LogP contribution in [-0.2, 0) is 25.6 Å². The van der Waals surface area contributed by atoms with E-state index in [1.54, 1.807) is 5.48 Å². The van der Waals surface area contributed by atoms with Crippen LogP contribution in [0.2, 0.25) is 0 Å². The monoisotopic (exact) mass is 510 g/mol. The van der Waals surface area contributed by atoms with Crippen LogP contribution in [0.1, 0.15) is 57.9 Å². The summed E-state index contributed by atoms with van der Waals surface area (Å²) in [6, 6.07) is 11.7. The Kier molecular flexibility index (Phi) is 10.0. The van der Waals surface area contributed by atoms with Crippen LogP contribution in [0.5, 0.6) is 0 Å². The summed E-state index contributed by atoms with van der Waals surface area (Å²) >= 11 is 0. The second-order valence-corrected chi connectivity index (χ2v) is 10.5. The van der Waals surface area contributed by atoms with Crippen molar-refractivity contribution < 1.29 is 24.4 Å². The summed E-state index contributed by atoms with van der Waals surface area (Å²) in [5.41, 5.74) is 8.01. The highest BCUT2D eigenvalue weighted by Crippen LogP contribution is 2.33. The van der Waals surface area contributed by atoms with E-state index in [4.69, 9.17) is 10.9 Å². The van der Waals surface area contributed by atoms with Gasteiger partial charge in [0.1, 0.15) is 12.1 Å². The van der Waals surface area contributed by atoms with Crippen molar-refractivity contribution in [3.63, 3.8) is 0 Å². The minimum Gasteiger partial charge on any atom is -0.368 e. The Hall–Kier alpha value is -3.46. The number of carbonyl (C=O) groups excluding carboxylic acids is 4. The number of amides is 4. The third-order valence-electron chi connectivity index (χ3n) is 7.07. The standard InChI is InChI=1S/C28H38N4O5/c1-17(2)13-23(26(29)34)30-28(36)24(15-20-11-6-10-19-9-3-4-12-22(19)20)31-27(35)21(16-25(33)32-37)14-18-7-5-8-18/h3-4,6,9-12,17-18,21,23-24,37H,5,7-8,13-16H2,1-2H3,(H2,29,34)(H,30,36)(H,31,35)(H,32,33)/t21-,23+,24?/m1/s1. The summed E-state index contributed by atoms with van der Waals surface area (Å²) in [6.45, 7) is 3.85. The van der Waals surface area contributed by atoms with Gasteiger partial charge in [0, 0.05) is 18.8 Å². The number of carbonyl (C=O) groups is 4. The third-order valence-corrected chi connectivity index (χ3v) is 7.07. The second-order valence-electron chi connectivity index (χ2n) is 10.5. The maximum absolute atomic E-state index is 13.5. The smallest absolute Gasteiger partial charge is 0.244 e. The first kappa shape index (κ1) is 28.1. The molecule has 0 heterocycles. The Morgan fingerprint density at radius 1 is 0.973 bits per heavy atom. The highest BCUT2D eigenvalue weighted by atomic mass is 16.5. The van der Waals surface area contributed by atoms with Crippen molar-refractivity contribution in [1.29, 1.82) is 0 Å². The second kappa shape index (κ2) is 13.2. The predicted molar refractivity (Wildman–Crippen MR) is 140 cm³/mol. The summed E-state index contributed by atoms with van der Waals surface area (Å²) in [6.07, 6.45) is 3.94. The van der Waals surface area contributed by atoms with Gasteiger partial charge in [0.2, 0.25) is 23.6 Å². The zero-order chi connectivity index (χ0) is 26.9. The largest absolute Gasteiger partial charge is 0.368 e. The van der Waals surface area contributed by atoms with Gasteiger partial charge in [-0.05, 0) is 41.0 Å². The Labute approximate surface area is 217 Å². The van der Waals surface area contributed by atoms with Gasteiger partial charge in [0.05, 0.1) is 0 Å². The van der Waals surface area contributed by atoms with Crippen LogP contribution in [0.4, 0.5) is 0 Å². The number of hydrogen-bond acceptors (Lipinski definition) is 5. The molecule has 9 nitrogen and oxygen atoms in total. The topological polar surface area (TPSA) is 151 Å². The summed E-state index contributed by atoms with van der Waals surface area (Å²) in [4.78, 5) is 50.8. The van der Waals surface area contributed by atoms with Gasteiger partial charge in [0.25, 0.3) is 0 Å². The van der Waals surface area contributed by atoms with Gasteiger partial charge in [-0.3, -0.25) is 24.4 Å². The minimum atomic E-state index is -0.992. The van der Waals surface area contributed by atoms with Crippen molar-refractivity contribution >= 4 is 34.4 Å². The molecule has 0 aliphatic heterocycles. The molecule has 1 unspecified atom stereocenters. The molecule has 0 radical (unpaired) electrons. The van der Waals surface area contributed by atoms with E-state index in [-0.39, 0.29) is 18.8 Å². The van der Waals surface area contributed by atoms with E-state index in [0.717, 1.165) is 35.6 Å². The first-order valence-corrected chi connectivity index (χ1v) is 13.0. The molecule has 3 atom stereocenters. The molecule has 0 bridgehead atoms. The predicted octanol–water partition coefficient (Wildman–Crippen LogP) is 2.59. The van der Waals surface area contributed by atoms with Crippen LogP contribution in [0.15, 0.2) is 42.5 Å². The molecule has 1 fully saturated rings. The van der Waals surface area contributed by atoms with Crippen molar-refractivity contribution in [3.8, 4) is 0 Å². The molecule has 3 rings (SSSR count). The molecule has 4 amide bonds. The maximum atomic E-state index is 13.5. The first-order chi connectivity index (χ1) is 17.7. The molecule has 0 saturated heterocycles. The number of fused-ring (bicyclic) bond motifs is 1. The zero-order valence-electron chi connectivity index (χ0n) is 21.5. The van der Waals surface area contributed by atoms with Gasteiger partial charge in [0.15, 0.2) is 0 Å². The molecule has 1 saturated carbocycles. The Bertz CT molecular complexity index is 1110. The molecule has 2 aromatic rings. The van der Waals surface area contributed by atoms with E-state index in [2.05, 4.69) is 10.6 Å². The van der Waals surface area contributed by atoms with Crippen LogP contribution >= 0.6 is 0 Å². The average molecular weight is 511 g/mol. The Morgan fingerprint density at radius 3 is 2.27 bits per heavy atom. The Balaban J connectivity index is 1.86. The van der Waals surface area contributed by atoms with E-state index in [0.29, 0.717) is 18.8 Å². The van der Waals surface area contributed by atoms with Gasteiger partial charge in [-0.15, -0.1) is 0 Å². The molecule has 0 spiro atoms. The summed E-state index contributed by atoms with van der Waals surface area (Å²) < 4.78 is 0. The number of nitrogens with one attached hydrogen (secondary N) is 3. The lowest BCUT2D eigenvalue weighted by atomic mass is 9.78. The summed E-state index contributed by atoms with van der Waals surface area (Å²) in [7, 11) is 0. The fourth-order valence-corrected chi connectivity index (χ4v) is 4.86. The first-order valence-electron chi connectivity index (χ1n) is 13.0. The van der Waals surface area contributed by atoms with Crippen LogP contribution in [0, 0.1) is 17.8 Å². The molecule has 1 aliphatic carbocycles. The van der Waals surface area contributed by atoms with Crippen LogP contribution < -0.4 is 21.8 Å². The summed E-state index contributed by atoms with van der Waals surface area (Å²) in [5, 5.41) is 16.6. The lowest BCUT2D eigenvalue weighted by molar-refractivity contribution is -0.137. The van der Waals surface area contributed by atoms with Gasteiger partial charge in [-0.2, -0.15) is 0 Å². The van der Waals surface area contributed by atoms with Crippen molar-refractivity contribution in [2.45, 2.75) is 70.9 Å². The molecule has 200 valence electrons. The van der Waals surface area contributed by atoms with Crippen LogP contribution in [0.25, 0.3) is 10.8 Å². The van der Waals surface area contributed by atoms with Crippen molar-refractivity contribution in [2.75, 3.05) is 0 Å². The number of hydroxylamine groups is 1. The highest BCUT2D eigenvalue weighted by molar-refractivity contribution is 5.94. The highest BCUT2D eigenvalue weighted by Gasteiger charge is 2.32. The number of hydrogen-bond donors (Lipinski definition) is 5. The van der Waals surface area contributed by atoms with Crippen molar-refractivity contribution in [2.24, 2.45) is 23.5 Å². The molecule has 2 aromatic carbocycles. The van der Waals surface area contributed by atoms with Crippen molar-refractivity contribution in [3.05, 3.63) is 48.0 Å². The quantitative estimate of drug-likeness (QED) is 0.207. The van der Waals surface area contributed by atoms with E-state index >= 15 is 0 Å². The lowest BCUT2D eigenvalue weighted by Crippen LogP contribution is -2.55. The summed E-state index contributed by atoms with van der Waals surface area (Å²) in [5.74, 6) is -2.48. The molecule has 9 heteroatoms. The van der Waals surface area contributed by atoms with E-state index in [9.17, 15) is 19.2 Å². The van der Waals surface area contributed by atoms with Gasteiger partial charge < -0.3 is 16.4 Å². The van der Waals surface area contributed by atoms with Crippen molar-refractivity contribution in [1.82, 2.24) is 16.1 Å². The van der Waals surface area contributed by atoms with Crippen LogP contribution in [-0.4, -0.2) is 40.9 Å². The molecule has 6 N–H and O–H groups in total.